The Labute approximate surface area is 98.3 Å². The number of carbonyl (C=O) groups excluding carboxylic acids is 1. The highest BCUT2D eigenvalue weighted by molar-refractivity contribution is 5.74. The van der Waals surface area contributed by atoms with E-state index >= 15 is 0 Å². The fourth-order valence-corrected chi connectivity index (χ4v) is 2.04. The van der Waals surface area contributed by atoms with Gasteiger partial charge in [0, 0.05) is 25.0 Å². The van der Waals surface area contributed by atoms with Crippen molar-refractivity contribution in [1.29, 1.82) is 0 Å². The monoisotopic (exact) mass is 227 g/mol. The summed E-state index contributed by atoms with van der Waals surface area (Å²) in [4.78, 5) is 13.4. The van der Waals surface area contributed by atoms with Crippen molar-refractivity contribution in [1.82, 2.24) is 4.90 Å². The number of nitrogens with two attached hydrogens (primary N) is 2. The van der Waals surface area contributed by atoms with Crippen LogP contribution in [-0.4, -0.2) is 36.0 Å². The molecule has 16 heavy (non-hydrogen) atoms. The number of primary amides is 1. The molecule has 0 heterocycles. The Morgan fingerprint density at radius 3 is 2.44 bits per heavy atom. The number of nitrogens with zero attached hydrogens (tertiary/aromatic N) is 1. The Hall–Kier alpha value is -0.610. The molecule has 0 radical (unpaired) electrons. The second kappa shape index (κ2) is 6.21. The molecule has 1 aliphatic rings. The van der Waals surface area contributed by atoms with Crippen LogP contribution in [0.25, 0.3) is 0 Å². The number of hydrogen-bond donors (Lipinski definition) is 2. The Balaban J connectivity index is 2.48. The SMILES string of the molecule is CC(C)CCN(C1CC1)C(CN)CC(N)=O. The van der Waals surface area contributed by atoms with Crippen molar-refractivity contribution >= 4 is 5.91 Å². The van der Waals surface area contributed by atoms with E-state index in [9.17, 15) is 4.79 Å². The van der Waals surface area contributed by atoms with Gasteiger partial charge in [-0.2, -0.15) is 0 Å². The maximum Gasteiger partial charge on any atom is 0.219 e. The Kier molecular flexibility index (Phi) is 5.22. The third kappa shape index (κ3) is 4.49. The van der Waals surface area contributed by atoms with E-state index in [1.165, 1.54) is 12.8 Å². The lowest BCUT2D eigenvalue weighted by Crippen LogP contribution is -2.45. The van der Waals surface area contributed by atoms with E-state index in [1.807, 2.05) is 0 Å². The standard InChI is InChI=1S/C12H25N3O/c1-9(2)5-6-15(10-3-4-10)11(8-13)7-12(14)16/h9-11H,3-8,13H2,1-2H3,(H2,14,16). The lowest BCUT2D eigenvalue weighted by atomic mass is 10.1. The minimum absolute atomic E-state index is 0.142. The summed E-state index contributed by atoms with van der Waals surface area (Å²) in [6.45, 7) is 6.00. The number of hydrogen-bond acceptors (Lipinski definition) is 3. The average Bonchev–Trinajstić information content (AvgIpc) is 2.99. The maximum absolute atomic E-state index is 11.0. The fraction of sp³-hybridized carbons (Fsp3) is 0.917. The highest BCUT2D eigenvalue weighted by atomic mass is 16.1. The third-order valence-electron chi connectivity index (χ3n) is 3.16. The molecule has 1 atom stereocenters. The summed E-state index contributed by atoms with van der Waals surface area (Å²) in [5.41, 5.74) is 11.0. The van der Waals surface area contributed by atoms with Gasteiger partial charge in [-0.3, -0.25) is 9.69 Å². The lowest BCUT2D eigenvalue weighted by molar-refractivity contribution is -0.119. The topological polar surface area (TPSA) is 72.3 Å². The molecular formula is C12H25N3O. The quantitative estimate of drug-likeness (QED) is 0.641. The molecule has 94 valence electrons. The van der Waals surface area contributed by atoms with Gasteiger partial charge in [-0.1, -0.05) is 13.8 Å². The third-order valence-corrected chi connectivity index (χ3v) is 3.16. The van der Waals surface area contributed by atoms with Crippen molar-refractivity contribution in [2.24, 2.45) is 17.4 Å². The minimum atomic E-state index is -0.245. The summed E-state index contributed by atoms with van der Waals surface area (Å²) in [7, 11) is 0. The molecule has 0 saturated heterocycles. The normalized spacial score (nSPS) is 18.1. The molecule has 0 bridgehead atoms. The smallest absolute Gasteiger partial charge is 0.219 e. The predicted octanol–water partition coefficient (Wildman–Crippen LogP) is 0.700. The molecule has 1 amide bonds. The van der Waals surface area contributed by atoms with Crippen LogP contribution in [0.4, 0.5) is 0 Å². The lowest BCUT2D eigenvalue weighted by Gasteiger charge is -2.30. The van der Waals surface area contributed by atoms with Gasteiger partial charge >= 0.3 is 0 Å². The van der Waals surface area contributed by atoms with Crippen molar-refractivity contribution in [3.8, 4) is 0 Å². The summed E-state index contributed by atoms with van der Waals surface area (Å²) in [6, 6.07) is 0.787. The van der Waals surface area contributed by atoms with Gasteiger partial charge in [0.15, 0.2) is 0 Å². The van der Waals surface area contributed by atoms with Crippen LogP contribution in [-0.2, 0) is 4.79 Å². The predicted molar refractivity (Wildman–Crippen MR) is 65.8 cm³/mol. The first-order chi connectivity index (χ1) is 7.54. The van der Waals surface area contributed by atoms with Gasteiger partial charge in [0.25, 0.3) is 0 Å². The molecule has 0 aromatic carbocycles. The van der Waals surface area contributed by atoms with E-state index in [1.54, 1.807) is 0 Å². The summed E-state index contributed by atoms with van der Waals surface area (Å²) < 4.78 is 0. The average molecular weight is 227 g/mol. The Bertz CT molecular complexity index is 226. The Morgan fingerprint density at radius 1 is 1.44 bits per heavy atom. The van der Waals surface area contributed by atoms with E-state index < -0.39 is 0 Å². The van der Waals surface area contributed by atoms with Crippen LogP contribution in [0.15, 0.2) is 0 Å². The first kappa shape index (κ1) is 13.5. The van der Waals surface area contributed by atoms with E-state index in [0.29, 0.717) is 24.9 Å². The highest BCUT2D eigenvalue weighted by Crippen LogP contribution is 2.29. The minimum Gasteiger partial charge on any atom is -0.370 e. The zero-order chi connectivity index (χ0) is 12.1. The number of carbonyl (C=O) groups is 1. The van der Waals surface area contributed by atoms with Gasteiger partial charge in [0.2, 0.25) is 5.91 Å². The summed E-state index contributed by atoms with van der Waals surface area (Å²) >= 11 is 0. The molecule has 1 aliphatic carbocycles. The highest BCUT2D eigenvalue weighted by Gasteiger charge is 2.33. The van der Waals surface area contributed by atoms with E-state index in [-0.39, 0.29) is 11.9 Å². The van der Waals surface area contributed by atoms with Crippen LogP contribution in [0.3, 0.4) is 0 Å². The van der Waals surface area contributed by atoms with Crippen molar-refractivity contribution in [2.75, 3.05) is 13.1 Å². The number of rotatable bonds is 8. The van der Waals surface area contributed by atoms with Gasteiger partial charge in [-0.15, -0.1) is 0 Å². The van der Waals surface area contributed by atoms with Crippen molar-refractivity contribution < 1.29 is 4.79 Å². The van der Waals surface area contributed by atoms with Crippen LogP contribution < -0.4 is 11.5 Å². The van der Waals surface area contributed by atoms with Gasteiger partial charge in [-0.25, -0.2) is 0 Å². The molecular weight excluding hydrogens is 202 g/mol. The fourth-order valence-electron chi connectivity index (χ4n) is 2.04. The molecule has 1 fully saturated rings. The molecule has 0 spiro atoms. The molecule has 0 aromatic heterocycles. The largest absolute Gasteiger partial charge is 0.370 e. The summed E-state index contributed by atoms with van der Waals surface area (Å²) in [6.07, 6.45) is 4.04. The summed E-state index contributed by atoms with van der Waals surface area (Å²) in [5.74, 6) is 0.443. The molecule has 1 saturated carbocycles. The number of amides is 1. The maximum atomic E-state index is 11.0. The van der Waals surface area contributed by atoms with Crippen LogP contribution in [0.1, 0.15) is 39.5 Å². The molecule has 0 aliphatic heterocycles. The van der Waals surface area contributed by atoms with E-state index in [2.05, 4.69) is 18.7 Å². The van der Waals surface area contributed by atoms with Gasteiger partial charge in [-0.05, 0) is 31.7 Å². The zero-order valence-electron chi connectivity index (χ0n) is 10.5. The zero-order valence-corrected chi connectivity index (χ0v) is 10.5. The van der Waals surface area contributed by atoms with Crippen molar-refractivity contribution in [2.45, 2.75) is 51.6 Å². The van der Waals surface area contributed by atoms with Gasteiger partial charge in [0.05, 0.1) is 0 Å². The molecule has 1 rings (SSSR count). The Morgan fingerprint density at radius 2 is 2.06 bits per heavy atom. The van der Waals surface area contributed by atoms with E-state index in [0.717, 1.165) is 13.0 Å². The first-order valence-electron chi connectivity index (χ1n) is 6.28. The molecule has 4 nitrogen and oxygen atoms in total. The first-order valence-corrected chi connectivity index (χ1v) is 6.28. The molecule has 1 unspecified atom stereocenters. The second-order valence-corrected chi connectivity index (χ2v) is 5.21. The van der Waals surface area contributed by atoms with Gasteiger partial charge in [0.1, 0.15) is 0 Å². The molecule has 4 heteroatoms. The second-order valence-electron chi connectivity index (χ2n) is 5.21. The van der Waals surface area contributed by atoms with Crippen LogP contribution in [0, 0.1) is 5.92 Å². The van der Waals surface area contributed by atoms with E-state index in [4.69, 9.17) is 11.5 Å². The molecule has 0 aromatic rings. The van der Waals surface area contributed by atoms with Crippen LogP contribution in [0.2, 0.25) is 0 Å². The summed E-state index contributed by atoms with van der Waals surface area (Å²) in [5, 5.41) is 0. The van der Waals surface area contributed by atoms with Crippen molar-refractivity contribution in [3.63, 3.8) is 0 Å². The van der Waals surface area contributed by atoms with Crippen molar-refractivity contribution in [3.05, 3.63) is 0 Å². The van der Waals surface area contributed by atoms with Gasteiger partial charge < -0.3 is 11.5 Å². The van der Waals surface area contributed by atoms with Crippen LogP contribution >= 0.6 is 0 Å². The van der Waals surface area contributed by atoms with Crippen LogP contribution in [0.5, 0.6) is 0 Å². The molecule has 4 N–H and O–H groups in total.